The summed E-state index contributed by atoms with van der Waals surface area (Å²) in [7, 11) is 0. The van der Waals surface area contributed by atoms with E-state index in [1.807, 2.05) is 4.90 Å². The number of aromatic amines is 1. The van der Waals surface area contributed by atoms with Crippen LogP contribution in [0.25, 0.3) is 0 Å². The molecule has 1 aromatic heterocycles. The summed E-state index contributed by atoms with van der Waals surface area (Å²) in [5.74, 6) is 0.514. The first-order chi connectivity index (χ1) is 10.7. The number of nitrogens with zero attached hydrogens (tertiary/aromatic N) is 3. The van der Waals surface area contributed by atoms with E-state index in [0.29, 0.717) is 17.5 Å². The van der Waals surface area contributed by atoms with E-state index in [9.17, 15) is 9.59 Å². The molecule has 0 radical (unpaired) electrons. The van der Waals surface area contributed by atoms with Gasteiger partial charge in [-0.15, -0.1) is 5.10 Å². The zero-order chi connectivity index (χ0) is 15.8. The van der Waals surface area contributed by atoms with Gasteiger partial charge in [0.15, 0.2) is 5.16 Å². The highest BCUT2D eigenvalue weighted by Crippen LogP contribution is 2.16. The number of carbonyl (C=O) groups excluding carboxylic acids is 1. The Balaban J connectivity index is 1.88. The predicted molar refractivity (Wildman–Crippen MR) is 88.1 cm³/mol. The lowest BCUT2D eigenvalue weighted by Crippen LogP contribution is -2.35. The molecule has 6 nitrogen and oxygen atoms in total. The quantitative estimate of drug-likeness (QED) is 0.814. The molecule has 1 amide bonds. The van der Waals surface area contributed by atoms with Gasteiger partial charge in [-0.3, -0.25) is 9.36 Å². The van der Waals surface area contributed by atoms with Crippen LogP contribution in [0.5, 0.6) is 0 Å². The number of nitrogens with one attached hydrogen (secondary N) is 1. The number of hydrogen-bond acceptors (Lipinski definition) is 4. The van der Waals surface area contributed by atoms with Crippen molar-refractivity contribution in [1.82, 2.24) is 19.7 Å². The second-order valence-corrected chi connectivity index (χ2v) is 6.70. The molecule has 7 heteroatoms. The summed E-state index contributed by atoms with van der Waals surface area (Å²) in [6, 6.07) is 0. The van der Waals surface area contributed by atoms with E-state index in [4.69, 9.17) is 0 Å². The smallest absolute Gasteiger partial charge is 0.342 e. The summed E-state index contributed by atoms with van der Waals surface area (Å²) in [5, 5.41) is 7.14. The number of rotatable bonds is 6. The maximum Gasteiger partial charge on any atom is 0.343 e. The van der Waals surface area contributed by atoms with Gasteiger partial charge in [0.25, 0.3) is 0 Å². The molecule has 0 unspecified atom stereocenters. The normalized spacial score (nSPS) is 16.3. The van der Waals surface area contributed by atoms with Crippen molar-refractivity contribution in [2.24, 2.45) is 0 Å². The predicted octanol–water partition coefficient (Wildman–Crippen LogP) is 2.26. The van der Waals surface area contributed by atoms with Crippen molar-refractivity contribution in [3.05, 3.63) is 10.5 Å². The molecule has 0 aliphatic carbocycles. The molecule has 0 bridgehead atoms. The maximum absolute atomic E-state index is 12.3. The van der Waals surface area contributed by atoms with E-state index in [2.05, 4.69) is 17.1 Å². The number of likely N-dealkylation sites (tertiary alicyclic amines) is 1. The van der Waals surface area contributed by atoms with Crippen LogP contribution in [0.2, 0.25) is 0 Å². The fraction of sp³-hybridized carbons (Fsp3) is 0.800. The molecule has 1 fully saturated rings. The van der Waals surface area contributed by atoms with Crippen LogP contribution in [0.4, 0.5) is 0 Å². The molecule has 1 aliphatic heterocycles. The summed E-state index contributed by atoms with van der Waals surface area (Å²) >= 11 is 1.36. The maximum atomic E-state index is 12.3. The summed E-state index contributed by atoms with van der Waals surface area (Å²) < 4.78 is 1.63. The minimum Gasteiger partial charge on any atom is -0.342 e. The Labute approximate surface area is 135 Å². The van der Waals surface area contributed by atoms with E-state index in [1.165, 1.54) is 31.0 Å². The van der Waals surface area contributed by atoms with Gasteiger partial charge < -0.3 is 4.90 Å². The molecule has 1 aliphatic rings. The van der Waals surface area contributed by atoms with Crippen molar-refractivity contribution in [2.45, 2.75) is 63.6 Å². The van der Waals surface area contributed by atoms with Gasteiger partial charge in [-0.2, -0.15) is 0 Å². The fourth-order valence-electron chi connectivity index (χ4n) is 2.64. The Kier molecular flexibility index (Phi) is 7.02. The van der Waals surface area contributed by atoms with Gasteiger partial charge in [-0.05, 0) is 19.3 Å². The summed E-state index contributed by atoms with van der Waals surface area (Å²) in [6.45, 7) is 4.47. The number of amides is 1. The van der Waals surface area contributed by atoms with E-state index in [-0.39, 0.29) is 11.6 Å². The van der Waals surface area contributed by atoms with E-state index in [0.717, 1.165) is 38.8 Å². The number of thioether (sulfide) groups is 1. The Bertz CT molecular complexity index is 518. The van der Waals surface area contributed by atoms with Crippen LogP contribution in [0.1, 0.15) is 51.9 Å². The standard InChI is InChI=1S/C15H26N4O2S/c1-2-3-11-19-14(21)16-17-15(19)22-12-13(20)18-9-7-5-4-6-8-10-18/h2-12H2,1H3,(H,16,21). The fourth-order valence-corrected chi connectivity index (χ4v) is 3.52. The third-order valence-corrected chi connectivity index (χ3v) is 4.95. The van der Waals surface area contributed by atoms with E-state index >= 15 is 0 Å². The lowest BCUT2D eigenvalue weighted by molar-refractivity contribution is -0.128. The monoisotopic (exact) mass is 326 g/mol. The lowest BCUT2D eigenvalue weighted by atomic mass is 10.1. The molecule has 1 aromatic rings. The summed E-state index contributed by atoms with van der Waals surface area (Å²) in [6.07, 6.45) is 7.87. The zero-order valence-electron chi connectivity index (χ0n) is 13.3. The van der Waals surface area contributed by atoms with Crippen molar-refractivity contribution in [3.8, 4) is 0 Å². The minimum absolute atomic E-state index is 0.157. The number of carbonyl (C=O) groups is 1. The first kappa shape index (κ1) is 17.1. The van der Waals surface area contributed by atoms with Crippen molar-refractivity contribution in [2.75, 3.05) is 18.8 Å². The second-order valence-electron chi connectivity index (χ2n) is 5.75. The number of aromatic nitrogens is 3. The molecule has 0 spiro atoms. The Morgan fingerprint density at radius 1 is 1.23 bits per heavy atom. The number of H-pyrrole nitrogens is 1. The van der Waals surface area contributed by atoms with Crippen molar-refractivity contribution in [1.29, 1.82) is 0 Å². The van der Waals surface area contributed by atoms with Crippen LogP contribution < -0.4 is 5.69 Å². The molecule has 2 rings (SSSR count). The van der Waals surface area contributed by atoms with Gasteiger partial charge in [0.1, 0.15) is 0 Å². The molecular weight excluding hydrogens is 300 g/mol. The highest BCUT2D eigenvalue weighted by atomic mass is 32.2. The van der Waals surface area contributed by atoms with Crippen LogP contribution in [-0.4, -0.2) is 44.4 Å². The van der Waals surface area contributed by atoms with Gasteiger partial charge in [-0.1, -0.05) is 44.4 Å². The highest BCUT2D eigenvalue weighted by Gasteiger charge is 2.17. The van der Waals surface area contributed by atoms with Gasteiger partial charge in [0, 0.05) is 19.6 Å². The van der Waals surface area contributed by atoms with Gasteiger partial charge >= 0.3 is 5.69 Å². The van der Waals surface area contributed by atoms with Crippen LogP contribution >= 0.6 is 11.8 Å². The third-order valence-electron chi connectivity index (χ3n) is 3.99. The molecule has 0 saturated carbocycles. The highest BCUT2D eigenvalue weighted by molar-refractivity contribution is 7.99. The molecule has 1 saturated heterocycles. The van der Waals surface area contributed by atoms with Crippen molar-refractivity contribution in [3.63, 3.8) is 0 Å². The minimum atomic E-state index is -0.186. The topological polar surface area (TPSA) is 71.0 Å². The Hall–Kier alpha value is -1.24. The second kappa shape index (κ2) is 9.02. The lowest BCUT2D eigenvalue weighted by Gasteiger charge is -2.24. The third kappa shape index (κ3) is 4.90. The molecule has 0 aromatic carbocycles. The zero-order valence-corrected chi connectivity index (χ0v) is 14.2. The van der Waals surface area contributed by atoms with Gasteiger partial charge in [-0.25, -0.2) is 9.89 Å². The largest absolute Gasteiger partial charge is 0.343 e. The van der Waals surface area contributed by atoms with E-state index < -0.39 is 0 Å². The molecule has 2 heterocycles. The van der Waals surface area contributed by atoms with Crippen LogP contribution in [-0.2, 0) is 11.3 Å². The average molecular weight is 326 g/mol. The summed E-state index contributed by atoms with van der Waals surface area (Å²) in [4.78, 5) is 26.0. The SMILES string of the molecule is CCCCn1c(SCC(=O)N2CCCCCCC2)n[nH]c1=O. The molecule has 1 N–H and O–H groups in total. The van der Waals surface area contributed by atoms with Crippen LogP contribution in [0.15, 0.2) is 9.95 Å². The molecular formula is C15H26N4O2S. The average Bonchev–Trinajstić information content (AvgIpc) is 2.82. The van der Waals surface area contributed by atoms with Crippen molar-refractivity contribution < 1.29 is 4.79 Å². The first-order valence-electron chi connectivity index (χ1n) is 8.28. The number of hydrogen-bond donors (Lipinski definition) is 1. The summed E-state index contributed by atoms with van der Waals surface area (Å²) in [5.41, 5.74) is -0.186. The molecule has 22 heavy (non-hydrogen) atoms. The molecule has 124 valence electrons. The van der Waals surface area contributed by atoms with Crippen molar-refractivity contribution >= 4 is 17.7 Å². The Morgan fingerprint density at radius 2 is 1.91 bits per heavy atom. The van der Waals surface area contributed by atoms with Crippen LogP contribution in [0.3, 0.4) is 0 Å². The molecule has 0 atom stereocenters. The van der Waals surface area contributed by atoms with Crippen LogP contribution in [0, 0.1) is 0 Å². The Morgan fingerprint density at radius 3 is 2.59 bits per heavy atom. The van der Waals surface area contributed by atoms with E-state index in [1.54, 1.807) is 4.57 Å². The van der Waals surface area contributed by atoms with Gasteiger partial charge in [0.05, 0.1) is 5.75 Å². The van der Waals surface area contributed by atoms with Gasteiger partial charge in [0.2, 0.25) is 5.91 Å². The first-order valence-corrected chi connectivity index (χ1v) is 9.26. The number of unbranched alkanes of at least 4 members (excludes halogenated alkanes) is 1.